The molecular weight excluding hydrogens is 236 g/mol. The Morgan fingerprint density at radius 2 is 2.29 bits per heavy atom. The largest absolute Gasteiger partial charge is 0.497 e. The number of benzene rings is 1. The summed E-state index contributed by atoms with van der Waals surface area (Å²) in [7, 11) is 1.68. The summed E-state index contributed by atoms with van der Waals surface area (Å²) in [6.45, 7) is 0. The van der Waals surface area contributed by atoms with Crippen LogP contribution in [-0.2, 0) is 6.42 Å². The number of alkyl halides is 1. The fourth-order valence-corrected chi connectivity index (χ4v) is 2.43. The van der Waals surface area contributed by atoms with Crippen LogP contribution in [0, 0.1) is 0 Å². The highest BCUT2D eigenvalue weighted by Crippen LogP contribution is 2.39. The van der Waals surface area contributed by atoms with E-state index in [-0.39, 0.29) is 0 Å². The van der Waals surface area contributed by atoms with Crippen LogP contribution in [0.15, 0.2) is 18.2 Å². The number of nitrogens with zero attached hydrogens (tertiary/aromatic N) is 2. The van der Waals surface area contributed by atoms with Gasteiger partial charge in [0.15, 0.2) is 0 Å². The van der Waals surface area contributed by atoms with Crippen LogP contribution in [0.25, 0.3) is 11.0 Å². The zero-order valence-corrected chi connectivity index (χ0v) is 10.6. The van der Waals surface area contributed by atoms with Crippen molar-refractivity contribution in [2.75, 3.05) is 13.0 Å². The Hall–Kier alpha value is -1.22. The van der Waals surface area contributed by atoms with Crippen molar-refractivity contribution in [1.29, 1.82) is 0 Å². The fraction of sp³-hybridized carbons (Fsp3) is 0.462. The smallest absolute Gasteiger partial charge is 0.121 e. The molecule has 0 N–H and O–H groups in total. The summed E-state index contributed by atoms with van der Waals surface area (Å²) in [6, 6.07) is 6.71. The topological polar surface area (TPSA) is 27.1 Å². The fourth-order valence-electron chi connectivity index (χ4n) is 2.26. The molecule has 0 bridgehead atoms. The molecule has 0 saturated heterocycles. The van der Waals surface area contributed by atoms with Gasteiger partial charge in [0.05, 0.1) is 18.1 Å². The normalized spacial score (nSPS) is 15.4. The summed E-state index contributed by atoms with van der Waals surface area (Å²) in [5.74, 6) is 2.58. The number of rotatable bonds is 4. The summed E-state index contributed by atoms with van der Waals surface area (Å²) in [5.41, 5.74) is 2.21. The lowest BCUT2D eigenvalue weighted by atomic mass is 10.3. The van der Waals surface area contributed by atoms with E-state index in [1.165, 1.54) is 18.4 Å². The Balaban J connectivity index is 2.15. The maximum atomic E-state index is 5.84. The number of halogens is 1. The van der Waals surface area contributed by atoms with E-state index < -0.39 is 0 Å². The number of aryl methyl sites for hydroxylation is 1. The predicted molar refractivity (Wildman–Crippen MR) is 69.0 cm³/mol. The van der Waals surface area contributed by atoms with Crippen molar-refractivity contribution >= 4 is 22.6 Å². The molecule has 1 saturated carbocycles. The van der Waals surface area contributed by atoms with Crippen LogP contribution in [0.4, 0.5) is 0 Å². The average molecular weight is 251 g/mol. The van der Waals surface area contributed by atoms with Crippen molar-refractivity contribution in [3.8, 4) is 5.75 Å². The van der Waals surface area contributed by atoms with E-state index in [1.807, 2.05) is 12.1 Å². The van der Waals surface area contributed by atoms with E-state index in [4.69, 9.17) is 16.3 Å². The van der Waals surface area contributed by atoms with Crippen LogP contribution in [0.2, 0.25) is 0 Å². The third-order valence-corrected chi connectivity index (χ3v) is 3.39. The van der Waals surface area contributed by atoms with E-state index in [2.05, 4.69) is 15.6 Å². The van der Waals surface area contributed by atoms with Gasteiger partial charge in [-0.25, -0.2) is 4.98 Å². The summed E-state index contributed by atoms with van der Waals surface area (Å²) >= 11 is 5.84. The monoisotopic (exact) mass is 250 g/mol. The third kappa shape index (κ3) is 1.89. The van der Waals surface area contributed by atoms with Crippen molar-refractivity contribution in [3.05, 3.63) is 24.0 Å². The lowest BCUT2D eigenvalue weighted by molar-refractivity contribution is 0.415. The zero-order chi connectivity index (χ0) is 11.8. The predicted octanol–water partition coefficient (Wildman–Crippen LogP) is 3.16. The first kappa shape index (κ1) is 10.9. The first-order chi connectivity index (χ1) is 8.33. The third-order valence-electron chi connectivity index (χ3n) is 3.20. The first-order valence-electron chi connectivity index (χ1n) is 5.94. The standard InChI is InChI=1S/C13H15ClN2O/c1-17-10-4-5-12-11(8-10)15-13(6-7-14)16(12)9-2-3-9/h4-5,8-9H,2-3,6-7H2,1H3. The number of hydrogen-bond acceptors (Lipinski definition) is 2. The van der Waals surface area contributed by atoms with Gasteiger partial charge in [-0.1, -0.05) is 0 Å². The van der Waals surface area contributed by atoms with E-state index in [9.17, 15) is 0 Å². The lowest BCUT2D eigenvalue weighted by Crippen LogP contribution is -2.02. The van der Waals surface area contributed by atoms with E-state index in [0.717, 1.165) is 23.5 Å². The molecule has 1 aliphatic carbocycles. The van der Waals surface area contributed by atoms with Gasteiger partial charge in [-0.05, 0) is 25.0 Å². The Morgan fingerprint density at radius 3 is 2.94 bits per heavy atom. The van der Waals surface area contributed by atoms with Gasteiger partial charge in [0.1, 0.15) is 11.6 Å². The van der Waals surface area contributed by atoms with Crippen LogP contribution in [0.1, 0.15) is 24.7 Å². The summed E-state index contributed by atoms with van der Waals surface area (Å²) in [6.07, 6.45) is 3.34. The highest BCUT2D eigenvalue weighted by molar-refractivity contribution is 6.17. The summed E-state index contributed by atoms with van der Waals surface area (Å²) in [4.78, 5) is 4.67. The molecule has 1 heterocycles. The van der Waals surface area contributed by atoms with Gasteiger partial charge in [-0.15, -0.1) is 11.6 Å². The first-order valence-corrected chi connectivity index (χ1v) is 6.47. The minimum atomic E-state index is 0.618. The summed E-state index contributed by atoms with van der Waals surface area (Å²) in [5, 5.41) is 0. The van der Waals surface area contributed by atoms with Gasteiger partial charge in [0.2, 0.25) is 0 Å². The number of hydrogen-bond donors (Lipinski definition) is 0. The Kier molecular flexibility index (Phi) is 2.71. The van der Waals surface area contributed by atoms with E-state index in [0.29, 0.717) is 11.9 Å². The molecule has 0 unspecified atom stereocenters. The second-order valence-electron chi connectivity index (χ2n) is 4.42. The molecule has 3 nitrogen and oxygen atoms in total. The summed E-state index contributed by atoms with van der Waals surface area (Å²) < 4.78 is 7.58. The molecule has 0 atom stereocenters. The van der Waals surface area contributed by atoms with Gasteiger partial charge in [-0.3, -0.25) is 0 Å². The molecule has 1 aromatic carbocycles. The van der Waals surface area contributed by atoms with Crippen LogP contribution in [0.3, 0.4) is 0 Å². The molecule has 90 valence electrons. The van der Waals surface area contributed by atoms with Crippen molar-refractivity contribution in [2.24, 2.45) is 0 Å². The quantitative estimate of drug-likeness (QED) is 0.780. The Morgan fingerprint density at radius 1 is 1.47 bits per heavy atom. The molecule has 1 aliphatic rings. The van der Waals surface area contributed by atoms with Crippen molar-refractivity contribution < 1.29 is 4.74 Å². The van der Waals surface area contributed by atoms with E-state index in [1.54, 1.807) is 7.11 Å². The number of imidazole rings is 1. The highest BCUT2D eigenvalue weighted by atomic mass is 35.5. The molecule has 0 radical (unpaired) electrons. The van der Waals surface area contributed by atoms with Crippen LogP contribution in [0.5, 0.6) is 5.75 Å². The average Bonchev–Trinajstić information content (AvgIpc) is 3.11. The minimum Gasteiger partial charge on any atom is -0.497 e. The molecule has 2 aromatic rings. The SMILES string of the molecule is COc1ccc2c(c1)nc(CCCl)n2C1CC1. The molecule has 4 heteroatoms. The molecule has 0 amide bonds. The molecule has 1 fully saturated rings. The van der Waals surface area contributed by atoms with Gasteiger partial charge in [-0.2, -0.15) is 0 Å². The highest BCUT2D eigenvalue weighted by Gasteiger charge is 2.27. The lowest BCUT2D eigenvalue weighted by Gasteiger charge is -2.06. The van der Waals surface area contributed by atoms with Crippen molar-refractivity contribution in [1.82, 2.24) is 9.55 Å². The second-order valence-corrected chi connectivity index (χ2v) is 4.80. The van der Waals surface area contributed by atoms with Crippen LogP contribution in [-0.4, -0.2) is 22.5 Å². The van der Waals surface area contributed by atoms with E-state index >= 15 is 0 Å². The molecular formula is C13H15ClN2O. The number of aromatic nitrogens is 2. The Bertz CT molecular complexity index is 546. The van der Waals surface area contributed by atoms with Gasteiger partial charge in [0.25, 0.3) is 0 Å². The van der Waals surface area contributed by atoms with Gasteiger partial charge < -0.3 is 9.30 Å². The second kappa shape index (κ2) is 4.22. The Labute approximate surface area is 105 Å². The molecule has 1 aromatic heterocycles. The van der Waals surface area contributed by atoms with Crippen LogP contribution >= 0.6 is 11.6 Å². The maximum absolute atomic E-state index is 5.84. The molecule has 17 heavy (non-hydrogen) atoms. The number of methoxy groups -OCH3 is 1. The van der Waals surface area contributed by atoms with Gasteiger partial charge >= 0.3 is 0 Å². The van der Waals surface area contributed by atoms with Gasteiger partial charge in [0, 0.05) is 24.4 Å². The number of ether oxygens (including phenoxy) is 1. The minimum absolute atomic E-state index is 0.618. The molecule has 3 rings (SSSR count). The van der Waals surface area contributed by atoms with Crippen LogP contribution < -0.4 is 4.74 Å². The molecule has 0 aliphatic heterocycles. The maximum Gasteiger partial charge on any atom is 0.121 e. The zero-order valence-electron chi connectivity index (χ0n) is 9.82. The molecule has 0 spiro atoms. The van der Waals surface area contributed by atoms with Crippen molar-refractivity contribution in [2.45, 2.75) is 25.3 Å². The van der Waals surface area contributed by atoms with Crippen molar-refractivity contribution in [3.63, 3.8) is 0 Å². The number of fused-ring (bicyclic) bond motifs is 1.